The smallest absolute Gasteiger partial charge is 0.310 e. The third-order valence-electron chi connectivity index (χ3n) is 2.57. The maximum Gasteiger partial charge on any atom is 0.310 e. The Kier molecular flexibility index (Phi) is 4.44. The molecule has 0 saturated carbocycles. The van der Waals surface area contributed by atoms with Crippen molar-refractivity contribution in [1.82, 2.24) is 0 Å². The van der Waals surface area contributed by atoms with E-state index in [-0.39, 0.29) is 10.7 Å². The largest absolute Gasteiger partial charge is 0.364 e. The summed E-state index contributed by atoms with van der Waals surface area (Å²) in [6.07, 6.45) is 0. The van der Waals surface area contributed by atoms with Gasteiger partial charge in [-0.2, -0.15) is 0 Å². The number of hydrogen-bond acceptors (Lipinski definition) is 4. The molecule has 0 amide bonds. The van der Waals surface area contributed by atoms with Crippen molar-refractivity contribution in [3.05, 3.63) is 54.1 Å². The number of rotatable bonds is 4. The Balaban J connectivity index is 2.31. The third-order valence-corrected chi connectivity index (χ3v) is 4.56. The summed E-state index contributed by atoms with van der Waals surface area (Å²) in [5, 5.41) is 13.2. The second-order valence-electron chi connectivity index (χ2n) is 3.95. The summed E-state index contributed by atoms with van der Waals surface area (Å²) in [6, 6.07) is 6.94. The highest BCUT2D eigenvalue weighted by Crippen LogP contribution is 2.35. The fraction of sp³-hybridized carbons (Fsp3) is 0.167. The fourth-order valence-electron chi connectivity index (χ4n) is 1.75. The van der Waals surface area contributed by atoms with E-state index in [1.807, 2.05) is 23.4 Å². The lowest BCUT2D eigenvalue weighted by Crippen LogP contribution is -2.17. The standard InChI is InChI=1S/C12H10BrClN2O2S/c1-15(6-9-5-8(13)7-19-9)11-4-2-3-10(14)12(11)16(17)18/h2-5,7H,6H2,1H3. The first kappa shape index (κ1) is 14.3. The van der Waals surface area contributed by atoms with Crippen LogP contribution in [0.3, 0.4) is 0 Å². The van der Waals surface area contributed by atoms with Gasteiger partial charge in [0.2, 0.25) is 0 Å². The topological polar surface area (TPSA) is 46.4 Å². The first-order valence-electron chi connectivity index (χ1n) is 5.36. The van der Waals surface area contributed by atoms with E-state index < -0.39 is 4.92 Å². The molecule has 2 aromatic rings. The van der Waals surface area contributed by atoms with Crippen LogP contribution in [0.4, 0.5) is 11.4 Å². The lowest BCUT2D eigenvalue weighted by molar-refractivity contribution is -0.384. The van der Waals surface area contributed by atoms with Gasteiger partial charge in [0, 0.05) is 21.8 Å². The van der Waals surface area contributed by atoms with E-state index in [0.717, 1.165) is 9.35 Å². The molecular formula is C12H10BrClN2O2S. The van der Waals surface area contributed by atoms with E-state index >= 15 is 0 Å². The zero-order chi connectivity index (χ0) is 14.0. The predicted molar refractivity (Wildman–Crippen MR) is 82.2 cm³/mol. The molecule has 2 rings (SSSR count). The number of hydrogen-bond donors (Lipinski definition) is 0. The van der Waals surface area contributed by atoms with Gasteiger partial charge in [-0.25, -0.2) is 0 Å². The van der Waals surface area contributed by atoms with E-state index in [1.54, 1.807) is 23.5 Å². The van der Waals surface area contributed by atoms with E-state index in [1.165, 1.54) is 6.07 Å². The summed E-state index contributed by atoms with van der Waals surface area (Å²) < 4.78 is 1.02. The van der Waals surface area contributed by atoms with Crippen LogP contribution in [0.15, 0.2) is 34.1 Å². The Morgan fingerprint density at radius 3 is 2.84 bits per heavy atom. The van der Waals surface area contributed by atoms with Gasteiger partial charge in [-0.05, 0) is 34.1 Å². The minimum absolute atomic E-state index is 0.0534. The molecule has 0 N–H and O–H groups in total. The molecule has 0 aliphatic carbocycles. The van der Waals surface area contributed by atoms with Gasteiger partial charge in [-0.1, -0.05) is 17.7 Å². The molecule has 0 spiro atoms. The molecule has 0 bridgehead atoms. The molecule has 0 radical (unpaired) electrons. The first-order chi connectivity index (χ1) is 8.99. The molecule has 0 atom stereocenters. The summed E-state index contributed by atoms with van der Waals surface area (Å²) in [4.78, 5) is 13.6. The van der Waals surface area contributed by atoms with Crippen LogP contribution >= 0.6 is 38.9 Å². The number of nitro groups is 1. The third kappa shape index (κ3) is 3.26. The van der Waals surface area contributed by atoms with Crippen molar-refractivity contribution in [1.29, 1.82) is 0 Å². The van der Waals surface area contributed by atoms with Gasteiger partial charge < -0.3 is 4.90 Å². The molecule has 0 aliphatic heterocycles. The van der Waals surface area contributed by atoms with Gasteiger partial charge in [-0.15, -0.1) is 11.3 Å². The molecule has 0 unspecified atom stereocenters. The number of halogens is 2. The van der Waals surface area contributed by atoms with Crippen LogP contribution in [-0.4, -0.2) is 12.0 Å². The highest BCUT2D eigenvalue weighted by Gasteiger charge is 2.21. The van der Waals surface area contributed by atoms with Gasteiger partial charge in [0.15, 0.2) is 0 Å². The van der Waals surface area contributed by atoms with Crippen molar-refractivity contribution in [2.75, 3.05) is 11.9 Å². The highest BCUT2D eigenvalue weighted by molar-refractivity contribution is 9.10. The second-order valence-corrected chi connectivity index (χ2v) is 6.27. The molecule has 100 valence electrons. The summed E-state index contributed by atoms with van der Waals surface area (Å²) in [5.74, 6) is 0. The Hall–Kier alpha value is -1.11. The van der Waals surface area contributed by atoms with Crippen LogP contribution in [0, 0.1) is 10.1 Å². The van der Waals surface area contributed by atoms with E-state index in [9.17, 15) is 10.1 Å². The molecule has 7 heteroatoms. The van der Waals surface area contributed by atoms with Crippen molar-refractivity contribution in [2.24, 2.45) is 0 Å². The van der Waals surface area contributed by atoms with Crippen molar-refractivity contribution in [3.8, 4) is 0 Å². The number of nitrogens with zero attached hydrogens (tertiary/aromatic N) is 2. The molecule has 1 aromatic heterocycles. The van der Waals surface area contributed by atoms with Crippen LogP contribution in [0.25, 0.3) is 0 Å². The number of anilines is 1. The Labute approximate surface area is 127 Å². The summed E-state index contributed by atoms with van der Waals surface area (Å²) in [7, 11) is 1.81. The molecular weight excluding hydrogens is 352 g/mol. The van der Waals surface area contributed by atoms with Crippen molar-refractivity contribution < 1.29 is 4.92 Å². The summed E-state index contributed by atoms with van der Waals surface area (Å²) in [6.45, 7) is 0.595. The number of nitro benzene ring substituents is 1. The normalized spacial score (nSPS) is 10.5. The lowest BCUT2D eigenvalue weighted by atomic mass is 10.2. The van der Waals surface area contributed by atoms with Crippen molar-refractivity contribution in [3.63, 3.8) is 0 Å². The average molecular weight is 362 g/mol. The maximum atomic E-state index is 11.1. The minimum atomic E-state index is -0.446. The monoisotopic (exact) mass is 360 g/mol. The predicted octanol–water partition coefficient (Wildman–Crippen LogP) is 4.71. The zero-order valence-electron chi connectivity index (χ0n) is 9.97. The van der Waals surface area contributed by atoms with Crippen molar-refractivity contribution >= 4 is 50.2 Å². The molecule has 4 nitrogen and oxygen atoms in total. The average Bonchev–Trinajstić information content (AvgIpc) is 2.73. The van der Waals surface area contributed by atoms with Crippen LogP contribution in [0.1, 0.15) is 4.88 Å². The van der Waals surface area contributed by atoms with Crippen LogP contribution in [-0.2, 0) is 6.54 Å². The molecule has 0 saturated heterocycles. The zero-order valence-corrected chi connectivity index (χ0v) is 13.1. The first-order valence-corrected chi connectivity index (χ1v) is 7.41. The van der Waals surface area contributed by atoms with Gasteiger partial charge in [0.25, 0.3) is 0 Å². The van der Waals surface area contributed by atoms with Crippen LogP contribution in [0.5, 0.6) is 0 Å². The number of para-hydroxylation sites is 1. The summed E-state index contributed by atoms with van der Waals surface area (Å²) >= 11 is 10.9. The Morgan fingerprint density at radius 2 is 2.26 bits per heavy atom. The minimum Gasteiger partial charge on any atom is -0.364 e. The van der Waals surface area contributed by atoms with Gasteiger partial charge >= 0.3 is 5.69 Å². The summed E-state index contributed by atoms with van der Waals surface area (Å²) in [5.41, 5.74) is 0.462. The highest BCUT2D eigenvalue weighted by atomic mass is 79.9. The molecule has 1 aromatic carbocycles. The van der Waals surface area contributed by atoms with Crippen LogP contribution < -0.4 is 4.90 Å². The van der Waals surface area contributed by atoms with E-state index in [2.05, 4.69) is 15.9 Å². The van der Waals surface area contributed by atoms with Gasteiger partial charge in [0.05, 0.1) is 11.5 Å². The lowest BCUT2D eigenvalue weighted by Gasteiger charge is -2.18. The van der Waals surface area contributed by atoms with Crippen molar-refractivity contribution in [2.45, 2.75) is 6.54 Å². The Bertz CT molecular complexity index is 618. The number of thiophene rings is 1. The molecule has 0 aliphatic rings. The Morgan fingerprint density at radius 1 is 1.53 bits per heavy atom. The van der Waals surface area contributed by atoms with Gasteiger partial charge in [-0.3, -0.25) is 10.1 Å². The molecule has 19 heavy (non-hydrogen) atoms. The van der Waals surface area contributed by atoms with E-state index in [0.29, 0.717) is 12.2 Å². The SMILES string of the molecule is CN(Cc1cc(Br)cs1)c1cccc(Cl)c1[N+](=O)[O-]. The fourth-order valence-corrected chi connectivity index (χ4v) is 3.49. The maximum absolute atomic E-state index is 11.1. The van der Waals surface area contributed by atoms with Crippen LogP contribution in [0.2, 0.25) is 5.02 Å². The second kappa shape index (κ2) is 5.90. The van der Waals surface area contributed by atoms with E-state index in [4.69, 9.17) is 11.6 Å². The molecule has 1 heterocycles. The van der Waals surface area contributed by atoms with Gasteiger partial charge in [0.1, 0.15) is 10.7 Å². The quantitative estimate of drug-likeness (QED) is 0.585. The number of benzene rings is 1. The molecule has 0 fully saturated rings.